The molecule has 0 fully saturated rings. The number of amides is 1. The third kappa shape index (κ3) is 3.09. The van der Waals surface area contributed by atoms with Crippen LogP contribution in [0.3, 0.4) is 0 Å². The van der Waals surface area contributed by atoms with Crippen molar-refractivity contribution < 1.29 is 13.6 Å². The van der Waals surface area contributed by atoms with Crippen LogP contribution in [0.4, 0.5) is 8.78 Å². The second-order valence-electron chi connectivity index (χ2n) is 8.49. The lowest BCUT2D eigenvalue weighted by atomic mass is 9.98. The highest BCUT2D eigenvalue weighted by molar-refractivity contribution is 5.97. The monoisotopic (exact) mass is 435 g/mol. The highest BCUT2D eigenvalue weighted by Crippen LogP contribution is 2.35. The number of aryl methyl sites for hydroxylation is 1. The number of nitrogens with zero attached hydrogens (tertiary/aromatic N) is 4. The maximum Gasteiger partial charge on any atom is 0.256 e. The number of hydrogen-bond donors (Lipinski definition) is 1. The highest BCUT2D eigenvalue weighted by atomic mass is 19.1. The van der Waals surface area contributed by atoms with Crippen molar-refractivity contribution in [3.63, 3.8) is 0 Å². The summed E-state index contributed by atoms with van der Waals surface area (Å²) < 4.78 is 30.8. The van der Waals surface area contributed by atoms with Gasteiger partial charge in [0.05, 0.1) is 34.2 Å². The Kier molecular flexibility index (Phi) is 4.80. The molecule has 5 rings (SSSR count). The van der Waals surface area contributed by atoms with Crippen molar-refractivity contribution in [2.75, 3.05) is 6.54 Å². The molecule has 3 aromatic heterocycles. The van der Waals surface area contributed by atoms with Crippen molar-refractivity contribution in [1.82, 2.24) is 24.7 Å². The first kappa shape index (κ1) is 20.4. The minimum Gasteiger partial charge on any atom is -0.334 e. The molecule has 0 aliphatic carbocycles. The molecule has 4 aromatic rings. The molecule has 0 saturated carbocycles. The molecule has 4 heterocycles. The van der Waals surface area contributed by atoms with Gasteiger partial charge in [0.2, 0.25) is 0 Å². The summed E-state index contributed by atoms with van der Waals surface area (Å²) in [5, 5.41) is 11.7. The lowest BCUT2D eigenvalue weighted by molar-refractivity contribution is 0.0732. The van der Waals surface area contributed by atoms with E-state index in [0.717, 1.165) is 23.4 Å². The zero-order valence-corrected chi connectivity index (χ0v) is 18.1. The molecule has 0 radical (unpaired) electrons. The highest BCUT2D eigenvalue weighted by Gasteiger charge is 2.28. The first-order valence-electron chi connectivity index (χ1n) is 10.6. The SMILES string of the molecule is Cc1nn2c(C(C)C)c(C(=O)N3CCc4[nH]ncc4C3)ccc2c1-c1c(F)cccc1F. The largest absolute Gasteiger partial charge is 0.334 e. The van der Waals surface area contributed by atoms with E-state index in [-0.39, 0.29) is 17.4 Å². The van der Waals surface area contributed by atoms with Crippen LogP contribution in [0.25, 0.3) is 16.6 Å². The number of carbonyl (C=O) groups excluding carboxylic acids is 1. The Bertz CT molecular complexity index is 1330. The standard InChI is InChI=1S/C24H23F2N5O/c1-13(2)23-16(24(32)30-10-9-19-15(12-30)11-27-28-19)7-8-20-21(14(3)29-31(20)23)22-17(25)5-4-6-18(22)26/h4-8,11,13H,9-10,12H2,1-3H3,(H,27,28). The van der Waals surface area contributed by atoms with E-state index in [9.17, 15) is 13.6 Å². The number of aromatic nitrogens is 4. The van der Waals surface area contributed by atoms with E-state index in [4.69, 9.17) is 0 Å². The molecule has 6 nitrogen and oxygen atoms in total. The summed E-state index contributed by atoms with van der Waals surface area (Å²) in [5.74, 6) is -1.41. The number of carbonyl (C=O) groups is 1. The van der Waals surface area contributed by atoms with Crippen molar-refractivity contribution in [2.24, 2.45) is 0 Å². The van der Waals surface area contributed by atoms with Crippen LogP contribution < -0.4 is 0 Å². The van der Waals surface area contributed by atoms with E-state index in [1.165, 1.54) is 18.2 Å². The molecular formula is C24H23F2N5O. The number of rotatable bonds is 3. The average molecular weight is 435 g/mol. The predicted octanol–water partition coefficient (Wildman–Crippen LogP) is 4.63. The third-order valence-corrected chi connectivity index (χ3v) is 6.09. The summed E-state index contributed by atoms with van der Waals surface area (Å²) >= 11 is 0. The summed E-state index contributed by atoms with van der Waals surface area (Å²) in [4.78, 5) is 15.3. The van der Waals surface area contributed by atoms with Crippen LogP contribution in [0.5, 0.6) is 0 Å². The maximum atomic E-state index is 14.6. The van der Waals surface area contributed by atoms with E-state index in [0.29, 0.717) is 35.4 Å². The molecule has 32 heavy (non-hydrogen) atoms. The molecule has 1 aromatic carbocycles. The van der Waals surface area contributed by atoms with Gasteiger partial charge in [-0.15, -0.1) is 0 Å². The molecule has 164 valence electrons. The number of aromatic amines is 1. The van der Waals surface area contributed by atoms with Gasteiger partial charge in [-0.3, -0.25) is 9.89 Å². The Hall–Kier alpha value is -3.55. The molecule has 0 bridgehead atoms. The summed E-state index contributed by atoms with van der Waals surface area (Å²) in [5.41, 5.74) is 4.72. The fraction of sp³-hybridized carbons (Fsp3) is 0.292. The Morgan fingerprint density at radius 1 is 1.12 bits per heavy atom. The number of halogens is 2. The Morgan fingerprint density at radius 2 is 1.88 bits per heavy atom. The second-order valence-corrected chi connectivity index (χ2v) is 8.49. The van der Waals surface area contributed by atoms with Gasteiger partial charge in [-0.25, -0.2) is 13.3 Å². The minimum absolute atomic E-state index is 0.0375. The van der Waals surface area contributed by atoms with Gasteiger partial charge < -0.3 is 4.90 Å². The van der Waals surface area contributed by atoms with Crippen molar-refractivity contribution in [3.8, 4) is 11.1 Å². The van der Waals surface area contributed by atoms with E-state index >= 15 is 0 Å². The van der Waals surface area contributed by atoms with Gasteiger partial charge in [-0.1, -0.05) is 19.9 Å². The molecule has 8 heteroatoms. The molecular weight excluding hydrogens is 412 g/mol. The summed E-state index contributed by atoms with van der Waals surface area (Å²) in [6, 6.07) is 7.30. The molecule has 1 N–H and O–H groups in total. The van der Waals surface area contributed by atoms with Crippen LogP contribution in [0.1, 0.15) is 52.8 Å². The molecule has 1 aliphatic heterocycles. The van der Waals surface area contributed by atoms with E-state index in [2.05, 4.69) is 15.3 Å². The van der Waals surface area contributed by atoms with Crippen LogP contribution in [0.2, 0.25) is 0 Å². The Labute approximate surface area is 183 Å². The molecule has 0 spiro atoms. The number of hydrogen-bond acceptors (Lipinski definition) is 3. The van der Waals surface area contributed by atoms with Gasteiger partial charge in [0.25, 0.3) is 5.91 Å². The predicted molar refractivity (Wildman–Crippen MR) is 116 cm³/mol. The van der Waals surface area contributed by atoms with Gasteiger partial charge in [0.15, 0.2) is 0 Å². The van der Waals surface area contributed by atoms with Gasteiger partial charge in [-0.05, 0) is 37.1 Å². The van der Waals surface area contributed by atoms with Crippen LogP contribution in [0, 0.1) is 18.6 Å². The van der Waals surface area contributed by atoms with E-state index in [1.807, 2.05) is 13.8 Å². The topological polar surface area (TPSA) is 66.3 Å². The summed E-state index contributed by atoms with van der Waals surface area (Å²) in [7, 11) is 0. The van der Waals surface area contributed by atoms with Crippen molar-refractivity contribution in [3.05, 3.63) is 76.4 Å². The zero-order valence-electron chi connectivity index (χ0n) is 18.1. The smallest absolute Gasteiger partial charge is 0.256 e. The fourth-order valence-corrected chi connectivity index (χ4v) is 4.59. The van der Waals surface area contributed by atoms with Gasteiger partial charge >= 0.3 is 0 Å². The first-order chi connectivity index (χ1) is 15.4. The molecule has 0 saturated heterocycles. The second kappa shape index (κ2) is 7.55. The molecule has 1 aliphatic rings. The zero-order chi connectivity index (χ0) is 22.6. The third-order valence-electron chi connectivity index (χ3n) is 6.09. The van der Waals surface area contributed by atoms with Crippen LogP contribution >= 0.6 is 0 Å². The first-order valence-corrected chi connectivity index (χ1v) is 10.6. The Morgan fingerprint density at radius 3 is 2.59 bits per heavy atom. The van der Waals surface area contributed by atoms with Crippen molar-refractivity contribution in [2.45, 2.75) is 39.7 Å². The van der Waals surface area contributed by atoms with E-state index in [1.54, 1.807) is 34.7 Å². The molecule has 0 atom stereocenters. The normalized spacial score (nSPS) is 13.8. The number of H-pyrrole nitrogens is 1. The van der Waals surface area contributed by atoms with E-state index < -0.39 is 11.6 Å². The van der Waals surface area contributed by atoms with Crippen LogP contribution in [-0.2, 0) is 13.0 Å². The molecule has 0 unspecified atom stereocenters. The number of benzene rings is 1. The average Bonchev–Trinajstić information content (AvgIpc) is 3.35. The Balaban J connectivity index is 1.65. The van der Waals surface area contributed by atoms with Crippen LogP contribution in [-0.4, -0.2) is 37.2 Å². The van der Waals surface area contributed by atoms with Crippen LogP contribution in [0.15, 0.2) is 36.5 Å². The maximum absolute atomic E-state index is 14.6. The summed E-state index contributed by atoms with van der Waals surface area (Å²) in [6.45, 7) is 6.77. The lowest BCUT2D eigenvalue weighted by Crippen LogP contribution is -2.36. The van der Waals surface area contributed by atoms with Gasteiger partial charge in [0.1, 0.15) is 11.6 Å². The van der Waals surface area contributed by atoms with Crippen molar-refractivity contribution >= 4 is 11.4 Å². The number of nitrogens with one attached hydrogen (secondary N) is 1. The fourth-order valence-electron chi connectivity index (χ4n) is 4.59. The quantitative estimate of drug-likeness (QED) is 0.510. The number of pyridine rings is 1. The summed E-state index contributed by atoms with van der Waals surface area (Å²) in [6.07, 6.45) is 2.48. The van der Waals surface area contributed by atoms with Gasteiger partial charge in [-0.2, -0.15) is 10.2 Å². The number of fused-ring (bicyclic) bond motifs is 2. The van der Waals surface area contributed by atoms with Gasteiger partial charge in [0, 0.05) is 36.3 Å². The minimum atomic E-state index is -0.640. The molecule has 1 amide bonds. The van der Waals surface area contributed by atoms with Crippen molar-refractivity contribution in [1.29, 1.82) is 0 Å². The lowest BCUT2D eigenvalue weighted by Gasteiger charge is -2.28.